The summed E-state index contributed by atoms with van der Waals surface area (Å²) in [6.07, 6.45) is -3.41. The highest BCUT2D eigenvalue weighted by molar-refractivity contribution is 5.94. The molecule has 1 N–H and O–H groups in total. The molecule has 6 heteroatoms. The van der Waals surface area contributed by atoms with E-state index < -0.39 is 11.7 Å². The summed E-state index contributed by atoms with van der Waals surface area (Å²) in [5.41, 5.74) is 1.01. The van der Waals surface area contributed by atoms with Gasteiger partial charge in [0.2, 0.25) is 0 Å². The van der Waals surface area contributed by atoms with E-state index in [0.717, 1.165) is 25.1 Å². The molecule has 0 aliphatic carbocycles. The SMILES string of the molecule is CC[C@H]1CN(C(=O)c2ccc(-c3cccc(C(F)(F)F)c3)cc2)CCN1. The molecular formula is C20H21F3N2O. The summed E-state index contributed by atoms with van der Waals surface area (Å²) in [5.74, 6) is -0.0412. The van der Waals surface area contributed by atoms with Crippen molar-refractivity contribution in [1.29, 1.82) is 0 Å². The Hall–Kier alpha value is -2.34. The highest BCUT2D eigenvalue weighted by atomic mass is 19.4. The lowest BCUT2D eigenvalue weighted by molar-refractivity contribution is -0.137. The zero-order valence-electron chi connectivity index (χ0n) is 14.5. The number of nitrogens with zero attached hydrogens (tertiary/aromatic N) is 1. The number of alkyl halides is 3. The van der Waals surface area contributed by atoms with E-state index in [-0.39, 0.29) is 5.91 Å². The molecule has 0 radical (unpaired) electrons. The topological polar surface area (TPSA) is 32.3 Å². The van der Waals surface area contributed by atoms with E-state index in [0.29, 0.717) is 35.8 Å². The molecule has 0 unspecified atom stereocenters. The molecule has 0 bridgehead atoms. The lowest BCUT2D eigenvalue weighted by Gasteiger charge is -2.33. The molecule has 1 aliphatic heterocycles. The maximum Gasteiger partial charge on any atom is 0.416 e. The molecule has 1 fully saturated rings. The molecule has 3 rings (SSSR count). The Morgan fingerprint density at radius 2 is 1.88 bits per heavy atom. The Kier molecular flexibility index (Phi) is 5.32. The number of piperazine rings is 1. The van der Waals surface area contributed by atoms with Crippen LogP contribution in [-0.2, 0) is 6.18 Å². The Labute approximate surface area is 150 Å². The van der Waals surface area contributed by atoms with Gasteiger partial charge in [-0.15, -0.1) is 0 Å². The van der Waals surface area contributed by atoms with Crippen molar-refractivity contribution in [2.75, 3.05) is 19.6 Å². The van der Waals surface area contributed by atoms with E-state index in [1.165, 1.54) is 6.07 Å². The molecule has 0 aromatic heterocycles. The minimum atomic E-state index is -4.37. The predicted octanol–water partition coefficient (Wildman–Crippen LogP) is 4.20. The predicted molar refractivity (Wildman–Crippen MR) is 94.9 cm³/mol. The summed E-state index contributed by atoms with van der Waals surface area (Å²) < 4.78 is 38.6. The molecule has 1 aliphatic rings. The number of hydrogen-bond donors (Lipinski definition) is 1. The van der Waals surface area contributed by atoms with Gasteiger partial charge in [-0.2, -0.15) is 13.2 Å². The normalized spacial score (nSPS) is 18.0. The fraction of sp³-hybridized carbons (Fsp3) is 0.350. The van der Waals surface area contributed by atoms with Crippen LogP contribution in [0.4, 0.5) is 13.2 Å². The number of hydrogen-bond acceptors (Lipinski definition) is 2. The summed E-state index contributed by atoms with van der Waals surface area (Å²) >= 11 is 0. The second kappa shape index (κ2) is 7.50. The van der Waals surface area contributed by atoms with Crippen LogP contribution in [0.3, 0.4) is 0 Å². The lowest BCUT2D eigenvalue weighted by Crippen LogP contribution is -2.52. The number of benzene rings is 2. The highest BCUT2D eigenvalue weighted by Gasteiger charge is 2.30. The van der Waals surface area contributed by atoms with Crippen LogP contribution in [-0.4, -0.2) is 36.5 Å². The van der Waals surface area contributed by atoms with E-state index in [1.807, 2.05) is 4.90 Å². The quantitative estimate of drug-likeness (QED) is 0.888. The van der Waals surface area contributed by atoms with Crippen molar-refractivity contribution < 1.29 is 18.0 Å². The molecule has 2 aromatic rings. The van der Waals surface area contributed by atoms with Crippen molar-refractivity contribution in [2.45, 2.75) is 25.6 Å². The summed E-state index contributed by atoms with van der Waals surface area (Å²) in [4.78, 5) is 14.5. The first kappa shape index (κ1) is 18.5. The van der Waals surface area contributed by atoms with Gasteiger partial charge in [-0.05, 0) is 41.8 Å². The molecule has 0 saturated carbocycles. The van der Waals surface area contributed by atoms with E-state index in [1.54, 1.807) is 30.3 Å². The van der Waals surface area contributed by atoms with Gasteiger partial charge in [0.1, 0.15) is 0 Å². The largest absolute Gasteiger partial charge is 0.416 e. The van der Waals surface area contributed by atoms with Gasteiger partial charge in [0, 0.05) is 31.2 Å². The number of rotatable bonds is 3. The van der Waals surface area contributed by atoms with Crippen LogP contribution < -0.4 is 5.32 Å². The molecule has 26 heavy (non-hydrogen) atoms. The van der Waals surface area contributed by atoms with Crippen LogP contribution in [0.25, 0.3) is 11.1 Å². The fourth-order valence-electron chi connectivity index (χ4n) is 3.15. The number of nitrogens with one attached hydrogen (secondary N) is 1. The second-order valence-electron chi connectivity index (χ2n) is 6.47. The van der Waals surface area contributed by atoms with Crippen LogP contribution >= 0.6 is 0 Å². The monoisotopic (exact) mass is 362 g/mol. The van der Waals surface area contributed by atoms with Crippen molar-refractivity contribution >= 4 is 5.91 Å². The third-order valence-electron chi connectivity index (χ3n) is 4.69. The van der Waals surface area contributed by atoms with Crippen molar-refractivity contribution in [1.82, 2.24) is 10.2 Å². The van der Waals surface area contributed by atoms with E-state index >= 15 is 0 Å². The summed E-state index contributed by atoms with van der Waals surface area (Å²) in [7, 11) is 0. The van der Waals surface area contributed by atoms with Gasteiger partial charge in [-0.25, -0.2) is 0 Å². The standard InChI is InChI=1S/C20H21F3N2O/c1-2-18-13-25(11-10-24-18)19(26)15-8-6-14(7-9-15)16-4-3-5-17(12-16)20(21,22)23/h3-9,12,18,24H,2,10-11,13H2,1H3/t18-/m0/s1. The number of carbonyl (C=O) groups excluding carboxylic acids is 1. The molecule has 1 saturated heterocycles. The first-order valence-electron chi connectivity index (χ1n) is 8.69. The van der Waals surface area contributed by atoms with Gasteiger partial charge in [0.15, 0.2) is 0 Å². The summed E-state index contributed by atoms with van der Waals surface area (Å²) in [6, 6.07) is 12.3. The summed E-state index contributed by atoms with van der Waals surface area (Å²) in [5, 5.41) is 3.37. The van der Waals surface area contributed by atoms with Crippen molar-refractivity contribution in [3.05, 3.63) is 59.7 Å². The van der Waals surface area contributed by atoms with Gasteiger partial charge in [0.25, 0.3) is 5.91 Å². The van der Waals surface area contributed by atoms with E-state index in [2.05, 4.69) is 12.2 Å². The molecule has 3 nitrogen and oxygen atoms in total. The van der Waals surface area contributed by atoms with Crippen LogP contribution in [0.1, 0.15) is 29.3 Å². The van der Waals surface area contributed by atoms with Gasteiger partial charge in [-0.3, -0.25) is 4.79 Å². The van der Waals surface area contributed by atoms with Gasteiger partial charge in [0.05, 0.1) is 5.56 Å². The Balaban J connectivity index is 1.77. The minimum absolute atomic E-state index is 0.0412. The average Bonchev–Trinajstić information content (AvgIpc) is 2.67. The van der Waals surface area contributed by atoms with Crippen LogP contribution in [0.2, 0.25) is 0 Å². The molecule has 1 heterocycles. The van der Waals surface area contributed by atoms with E-state index in [9.17, 15) is 18.0 Å². The number of halogens is 3. The summed E-state index contributed by atoms with van der Waals surface area (Å²) in [6.45, 7) is 4.18. The first-order valence-corrected chi connectivity index (χ1v) is 8.69. The van der Waals surface area contributed by atoms with Crippen molar-refractivity contribution in [3.8, 4) is 11.1 Å². The van der Waals surface area contributed by atoms with Crippen LogP contribution in [0.5, 0.6) is 0 Å². The maximum absolute atomic E-state index is 12.9. The third-order valence-corrected chi connectivity index (χ3v) is 4.69. The molecule has 2 aromatic carbocycles. The Morgan fingerprint density at radius 3 is 2.54 bits per heavy atom. The van der Waals surface area contributed by atoms with Gasteiger partial charge >= 0.3 is 6.18 Å². The first-order chi connectivity index (χ1) is 12.4. The molecule has 0 spiro atoms. The van der Waals surface area contributed by atoms with Gasteiger partial charge in [-0.1, -0.05) is 31.2 Å². The van der Waals surface area contributed by atoms with Crippen LogP contribution in [0, 0.1) is 0 Å². The molecule has 1 atom stereocenters. The minimum Gasteiger partial charge on any atom is -0.336 e. The molecule has 1 amide bonds. The van der Waals surface area contributed by atoms with Gasteiger partial charge < -0.3 is 10.2 Å². The lowest BCUT2D eigenvalue weighted by atomic mass is 10.0. The van der Waals surface area contributed by atoms with E-state index in [4.69, 9.17) is 0 Å². The molecular weight excluding hydrogens is 341 g/mol. The maximum atomic E-state index is 12.9. The van der Waals surface area contributed by atoms with Crippen molar-refractivity contribution in [2.24, 2.45) is 0 Å². The zero-order valence-corrected chi connectivity index (χ0v) is 14.5. The Morgan fingerprint density at radius 1 is 1.15 bits per heavy atom. The Bertz CT molecular complexity index is 771. The van der Waals surface area contributed by atoms with Crippen molar-refractivity contribution in [3.63, 3.8) is 0 Å². The average molecular weight is 362 g/mol. The smallest absolute Gasteiger partial charge is 0.336 e. The number of amides is 1. The van der Waals surface area contributed by atoms with Crippen LogP contribution in [0.15, 0.2) is 48.5 Å². The second-order valence-corrected chi connectivity index (χ2v) is 6.47. The zero-order chi connectivity index (χ0) is 18.7. The highest BCUT2D eigenvalue weighted by Crippen LogP contribution is 2.32. The number of carbonyl (C=O) groups is 1. The third kappa shape index (κ3) is 4.07. The molecule has 138 valence electrons. The fourth-order valence-corrected chi connectivity index (χ4v) is 3.15.